The van der Waals surface area contributed by atoms with Crippen LogP contribution in [0.2, 0.25) is 0 Å². The first kappa shape index (κ1) is 13.9. The Balaban J connectivity index is 2.09. The first-order chi connectivity index (χ1) is 9.16. The number of para-hydroxylation sites is 1. The van der Waals surface area contributed by atoms with Gasteiger partial charge < -0.3 is 15.5 Å². The molecule has 0 aromatic heterocycles. The lowest BCUT2D eigenvalue weighted by atomic mass is 10.1. The average molecular weight is 277 g/mol. The van der Waals surface area contributed by atoms with E-state index in [1.165, 1.54) is 5.69 Å². The number of thiocarbonyl (C=S) groups is 1. The van der Waals surface area contributed by atoms with Crippen molar-refractivity contribution in [2.75, 3.05) is 38.1 Å². The van der Waals surface area contributed by atoms with Crippen LogP contribution in [-0.2, 0) is 6.54 Å². The summed E-state index contributed by atoms with van der Waals surface area (Å²) in [5, 5.41) is 7.84. The fourth-order valence-corrected chi connectivity index (χ4v) is 2.24. The van der Waals surface area contributed by atoms with Gasteiger partial charge in [-0.25, -0.2) is 0 Å². The van der Waals surface area contributed by atoms with E-state index in [4.69, 9.17) is 5.73 Å². The molecule has 1 aliphatic heterocycles. The Kier molecular flexibility index (Phi) is 4.81. The predicted octanol–water partition coefficient (Wildman–Crippen LogP) is 1.63. The fraction of sp³-hybridized carbons (Fsp3) is 0.462. The largest absolute Gasteiger partial charge is 0.373 e. The molecule has 2 rings (SSSR count). The molecule has 0 atom stereocenters. The summed E-state index contributed by atoms with van der Waals surface area (Å²) in [4.78, 5) is 4.73. The Morgan fingerprint density at radius 3 is 2.63 bits per heavy atom. The normalized spacial score (nSPS) is 17.0. The van der Waals surface area contributed by atoms with E-state index in [0.29, 0.717) is 6.54 Å². The van der Waals surface area contributed by atoms with Gasteiger partial charge in [-0.2, -0.15) is 5.11 Å². The minimum atomic E-state index is 0.0806. The molecule has 0 unspecified atom stereocenters. The number of nitrogens with zero attached hydrogens (tertiary/aromatic N) is 4. The Morgan fingerprint density at radius 1 is 1.26 bits per heavy atom. The number of rotatable bonds is 3. The zero-order valence-corrected chi connectivity index (χ0v) is 11.9. The van der Waals surface area contributed by atoms with Gasteiger partial charge in [0.1, 0.15) is 0 Å². The summed E-state index contributed by atoms with van der Waals surface area (Å²) < 4.78 is 0. The molecule has 1 aliphatic rings. The monoisotopic (exact) mass is 277 g/mol. The van der Waals surface area contributed by atoms with Crippen molar-refractivity contribution in [3.63, 3.8) is 0 Å². The highest BCUT2D eigenvalue weighted by molar-refractivity contribution is 7.80. The zero-order chi connectivity index (χ0) is 13.7. The van der Waals surface area contributed by atoms with Gasteiger partial charge in [0.25, 0.3) is 0 Å². The molecule has 19 heavy (non-hydrogen) atoms. The van der Waals surface area contributed by atoms with Crippen molar-refractivity contribution in [3.8, 4) is 0 Å². The lowest BCUT2D eigenvalue weighted by Crippen LogP contribution is -2.44. The van der Waals surface area contributed by atoms with E-state index in [1.807, 2.05) is 6.07 Å². The molecule has 0 bridgehead atoms. The van der Waals surface area contributed by atoms with Gasteiger partial charge in [0, 0.05) is 31.9 Å². The molecule has 1 aromatic rings. The van der Waals surface area contributed by atoms with E-state index in [1.54, 1.807) is 0 Å². The number of piperazine rings is 1. The lowest BCUT2D eigenvalue weighted by molar-refractivity contribution is 0.312. The number of likely N-dealkylation sites (N-methyl/N-ethyl adjacent to an activating group) is 1. The molecule has 0 aliphatic carbocycles. The van der Waals surface area contributed by atoms with E-state index in [2.05, 4.69) is 57.5 Å². The number of azo groups is 1. The summed E-state index contributed by atoms with van der Waals surface area (Å²) in [6.07, 6.45) is 0. The van der Waals surface area contributed by atoms with Crippen LogP contribution in [0.3, 0.4) is 0 Å². The quantitative estimate of drug-likeness (QED) is 0.674. The summed E-state index contributed by atoms with van der Waals surface area (Å²) in [5.74, 6) is 0. The Labute approximate surface area is 119 Å². The van der Waals surface area contributed by atoms with E-state index < -0.39 is 0 Å². The molecule has 5 nitrogen and oxygen atoms in total. The molecule has 1 fully saturated rings. The van der Waals surface area contributed by atoms with Gasteiger partial charge in [-0.1, -0.05) is 18.2 Å². The number of benzene rings is 1. The molecule has 102 valence electrons. The van der Waals surface area contributed by atoms with Crippen LogP contribution in [0.15, 0.2) is 34.5 Å². The van der Waals surface area contributed by atoms with Gasteiger partial charge in [-0.05, 0) is 30.9 Å². The highest BCUT2D eigenvalue weighted by Crippen LogP contribution is 2.22. The summed E-state index contributed by atoms with van der Waals surface area (Å²) in [5.41, 5.74) is 7.70. The highest BCUT2D eigenvalue weighted by atomic mass is 32.1. The molecule has 2 N–H and O–H groups in total. The molecule has 0 spiro atoms. The van der Waals surface area contributed by atoms with Gasteiger partial charge in [-0.15, -0.1) is 5.11 Å². The molecule has 1 heterocycles. The maximum atomic E-state index is 5.31. The van der Waals surface area contributed by atoms with Crippen molar-refractivity contribution in [1.29, 1.82) is 0 Å². The first-order valence-electron chi connectivity index (χ1n) is 6.35. The van der Waals surface area contributed by atoms with Crippen molar-refractivity contribution in [3.05, 3.63) is 29.8 Å². The number of hydrogen-bond acceptors (Lipinski definition) is 4. The zero-order valence-electron chi connectivity index (χ0n) is 11.1. The maximum Gasteiger partial charge on any atom is 0.210 e. The first-order valence-corrected chi connectivity index (χ1v) is 6.76. The van der Waals surface area contributed by atoms with Crippen LogP contribution < -0.4 is 10.6 Å². The maximum absolute atomic E-state index is 5.31. The van der Waals surface area contributed by atoms with Crippen LogP contribution in [0, 0.1) is 0 Å². The third-order valence-electron chi connectivity index (χ3n) is 3.25. The Hall–Kier alpha value is -1.53. The van der Waals surface area contributed by atoms with Crippen LogP contribution in [0.5, 0.6) is 0 Å². The second-order valence-electron chi connectivity index (χ2n) is 4.66. The Morgan fingerprint density at radius 2 is 1.95 bits per heavy atom. The number of hydrogen-bond donors (Lipinski definition) is 1. The minimum absolute atomic E-state index is 0.0806. The van der Waals surface area contributed by atoms with Gasteiger partial charge in [0.15, 0.2) is 0 Å². The topological polar surface area (TPSA) is 57.2 Å². The van der Waals surface area contributed by atoms with E-state index >= 15 is 0 Å². The van der Waals surface area contributed by atoms with Crippen LogP contribution in [-0.4, -0.2) is 43.2 Å². The van der Waals surface area contributed by atoms with Crippen molar-refractivity contribution in [2.24, 2.45) is 16.0 Å². The van der Waals surface area contributed by atoms with Crippen molar-refractivity contribution in [1.82, 2.24) is 4.90 Å². The van der Waals surface area contributed by atoms with Crippen LogP contribution >= 0.6 is 12.2 Å². The van der Waals surface area contributed by atoms with Gasteiger partial charge >= 0.3 is 0 Å². The van der Waals surface area contributed by atoms with E-state index in [9.17, 15) is 0 Å². The minimum Gasteiger partial charge on any atom is -0.373 e. The fourth-order valence-electron chi connectivity index (χ4n) is 2.18. The molecule has 1 saturated heterocycles. The molecule has 6 heteroatoms. The molecule has 0 radical (unpaired) electrons. The summed E-state index contributed by atoms with van der Waals surface area (Å²) in [7, 11) is 2.15. The van der Waals surface area contributed by atoms with Crippen LogP contribution in [0.25, 0.3) is 0 Å². The Bertz CT molecular complexity index is 466. The van der Waals surface area contributed by atoms with Gasteiger partial charge in [0.05, 0.1) is 6.54 Å². The van der Waals surface area contributed by atoms with Crippen LogP contribution in [0.4, 0.5) is 5.69 Å². The lowest BCUT2D eigenvalue weighted by Gasteiger charge is -2.35. The number of nitrogens with two attached hydrogens (primary N) is 1. The van der Waals surface area contributed by atoms with E-state index in [0.717, 1.165) is 31.7 Å². The SMILES string of the molecule is CN1CCN(c2ccccc2CN=NC(N)=S)CC1. The molecule has 0 amide bonds. The molecular weight excluding hydrogens is 258 g/mol. The van der Waals surface area contributed by atoms with Crippen molar-refractivity contribution >= 4 is 23.0 Å². The van der Waals surface area contributed by atoms with Crippen molar-refractivity contribution in [2.45, 2.75) is 6.54 Å². The third-order valence-corrected chi connectivity index (χ3v) is 3.33. The summed E-state index contributed by atoms with van der Waals surface area (Å²) in [6, 6.07) is 8.29. The van der Waals surface area contributed by atoms with E-state index in [-0.39, 0.29) is 5.11 Å². The molecule has 0 saturated carbocycles. The average Bonchev–Trinajstić information content (AvgIpc) is 2.40. The molecular formula is C13H19N5S. The summed E-state index contributed by atoms with van der Waals surface area (Å²) >= 11 is 4.68. The highest BCUT2D eigenvalue weighted by Gasteiger charge is 2.16. The van der Waals surface area contributed by atoms with Crippen LogP contribution in [0.1, 0.15) is 5.56 Å². The standard InChI is InChI=1S/C13H19N5S/c1-17-6-8-18(9-7-17)12-5-3-2-4-11(12)10-15-16-13(14)19/h2-5H,6-10H2,1H3,(H2,14,19). The number of anilines is 1. The second-order valence-corrected chi connectivity index (χ2v) is 5.08. The van der Waals surface area contributed by atoms with Gasteiger partial charge in [-0.3, -0.25) is 0 Å². The second kappa shape index (κ2) is 6.58. The van der Waals surface area contributed by atoms with Gasteiger partial charge in [0.2, 0.25) is 5.11 Å². The van der Waals surface area contributed by atoms with Crippen molar-refractivity contribution < 1.29 is 0 Å². The molecule has 1 aromatic carbocycles. The summed E-state index contributed by atoms with van der Waals surface area (Å²) in [6.45, 7) is 4.77. The third kappa shape index (κ3) is 3.97. The predicted molar refractivity (Wildman–Crippen MR) is 81.5 cm³/mol. The smallest absolute Gasteiger partial charge is 0.210 e.